The summed E-state index contributed by atoms with van der Waals surface area (Å²) in [5.74, 6) is 0. The molecule has 4 N–H and O–H groups in total. The van der Waals surface area contributed by atoms with E-state index in [4.69, 9.17) is 10.3 Å². The van der Waals surface area contributed by atoms with Crippen LogP contribution in [0.25, 0.3) is 0 Å². The smallest absolute Gasteiger partial charge is 0.313 e. The second-order valence-corrected chi connectivity index (χ2v) is 4.25. The number of unbranched alkanes of at least 4 members (excludes halogenated alkanes) is 1. The third-order valence-electron chi connectivity index (χ3n) is 1.48. The van der Waals surface area contributed by atoms with Crippen molar-refractivity contribution in [1.82, 2.24) is 5.32 Å². The van der Waals surface area contributed by atoms with Crippen LogP contribution in [0.4, 0.5) is 4.79 Å². The van der Waals surface area contributed by atoms with Gasteiger partial charge in [-0.2, -0.15) is 8.42 Å². The van der Waals surface area contributed by atoms with Crippen molar-refractivity contribution in [3.8, 4) is 0 Å². The summed E-state index contributed by atoms with van der Waals surface area (Å²) in [6, 6.07) is -0.960. The Morgan fingerprint density at radius 2 is 2.15 bits per heavy atom. The lowest BCUT2D eigenvalue weighted by Gasteiger charge is -2.13. The first-order chi connectivity index (χ1) is 5.88. The van der Waals surface area contributed by atoms with E-state index < -0.39 is 21.5 Å². The lowest BCUT2D eigenvalue weighted by molar-refractivity contribution is 0.246. The van der Waals surface area contributed by atoms with Crippen LogP contribution in [0.1, 0.15) is 26.2 Å². The number of hydrogen-bond acceptors (Lipinski definition) is 3. The Bertz CT molecular complexity index is 262. The Morgan fingerprint density at radius 1 is 1.62 bits per heavy atom. The van der Waals surface area contributed by atoms with Gasteiger partial charge in [0.1, 0.15) is 0 Å². The molecular formula is C6H14N2O4S. The summed E-state index contributed by atoms with van der Waals surface area (Å²) in [5.41, 5.74) is 4.74. The molecule has 0 saturated carbocycles. The summed E-state index contributed by atoms with van der Waals surface area (Å²) in [6.07, 6.45) is 1.52. The molecule has 0 saturated heterocycles. The van der Waals surface area contributed by atoms with Gasteiger partial charge in [0.05, 0.1) is 0 Å². The van der Waals surface area contributed by atoms with Crippen molar-refractivity contribution < 1.29 is 17.8 Å². The van der Waals surface area contributed by atoms with Crippen molar-refractivity contribution in [2.75, 3.05) is 0 Å². The van der Waals surface area contributed by atoms with Crippen molar-refractivity contribution in [3.05, 3.63) is 0 Å². The van der Waals surface area contributed by atoms with Crippen molar-refractivity contribution in [2.24, 2.45) is 5.73 Å². The van der Waals surface area contributed by atoms with E-state index in [1.54, 1.807) is 0 Å². The molecule has 1 atom stereocenters. The van der Waals surface area contributed by atoms with E-state index in [-0.39, 0.29) is 6.42 Å². The average molecular weight is 210 g/mol. The molecular weight excluding hydrogens is 196 g/mol. The van der Waals surface area contributed by atoms with Gasteiger partial charge < -0.3 is 11.1 Å². The predicted molar refractivity (Wildman–Crippen MR) is 47.6 cm³/mol. The monoisotopic (exact) mass is 210 g/mol. The van der Waals surface area contributed by atoms with Crippen molar-refractivity contribution in [1.29, 1.82) is 0 Å². The maximum atomic E-state index is 10.7. The van der Waals surface area contributed by atoms with Gasteiger partial charge in [0, 0.05) is 0 Å². The fraction of sp³-hybridized carbons (Fsp3) is 0.833. The third-order valence-corrected chi connectivity index (χ3v) is 2.56. The Kier molecular flexibility index (Phi) is 4.71. The van der Waals surface area contributed by atoms with Gasteiger partial charge in [0.2, 0.25) is 0 Å². The van der Waals surface area contributed by atoms with E-state index in [0.29, 0.717) is 6.42 Å². The van der Waals surface area contributed by atoms with Gasteiger partial charge in [0.15, 0.2) is 5.37 Å². The molecule has 0 aromatic heterocycles. The summed E-state index contributed by atoms with van der Waals surface area (Å²) in [4.78, 5) is 10.4. The van der Waals surface area contributed by atoms with Gasteiger partial charge in [0.25, 0.3) is 10.1 Å². The first-order valence-corrected chi connectivity index (χ1v) is 5.40. The molecule has 7 heteroatoms. The summed E-state index contributed by atoms with van der Waals surface area (Å²) in [7, 11) is -4.24. The Hall–Kier alpha value is -0.820. The van der Waals surface area contributed by atoms with E-state index in [1.165, 1.54) is 0 Å². The molecule has 0 aromatic carbocycles. The molecule has 78 valence electrons. The fourth-order valence-electron chi connectivity index (χ4n) is 0.844. The molecule has 0 aliphatic rings. The largest absolute Gasteiger partial charge is 0.352 e. The number of carbonyl (C=O) groups excluding carboxylic acids is 1. The standard InChI is InChI=1S/C6H14N2O4S/c1-2-3-4-5(8-6(7)9)13(10,11)12/h5H,2-4H2,1H3,(H3,7,8,9)(H,10,11,12). The lowest BCUT2D eigenvalue weighted by Crippen LogP contribution is -2.43. The number of amides is 2. The van der Waals surface area contributed by atoms with Crippen LogP contribution >= 0.6 is 0 Å². The second-order valence-electron chi connectivity index (χ2n) is 2.65. The van der Waals surface area contributed by atoms with E-state index in [9.17, 15) is 13.2 Å². The van der Waals surface area contributed by atoms with Gasteiger partial charge >= 0.3 is 6.03 Å². The Morgan fingerprint density at radius 3 is 2.46 bits per heavy atom. The average Bonchev–Trinajstić information content (AvgIpc) is 1.95. The maximum absolute atomic E-state index is 10.7. The molecule has 13 heavy (non-hydrogen) atoms. The van der Waals surface area contributed by atoms with Crippen LogP contribution in [0.15, 0.2) is 0 Å². The van der Waals surface area contributed by atoms with E-state index >= 15 is 0 Å². The fourth-order valence-corrected chi connectivity index (χ4v) is 1.57. The quantitative estimate of drug-likeness (QED) is 0.557. The summed E-state index contributed by atoms with van der Waals surface area (Å²) in [6.45, 7) is 1.87. The van der Waals surface area contributed by atoms with Crippen molar-refractivity contribution >= 4 is 16.1 Å². The molecule has 0 bridgehead atoms. The highest BCUT2D eigenvalue weighted by molar-refractivity contribution is 7.86. The first kappa shape index (κ1) is 12.2. The lowest BCUT2D eigenvalue weighted by atomic mass is 10.2. The summed E-state index contributed by atoms with van der Waals surface area (Å²) < 4.78 is 30.0. The Balaban J connectivity index is 4.29. The van der Waals surface area contributed by atoms with Gasteiger partial charge in [-0.15, -0.1) is 0 Å². The SMILES string of the molecule is CCCCC(NC(N)=O)S(=O)(=O)O. The minimum atomic E-state index is -4.24. The minimum Gasteiger partial charge on any atom is -0.352 e. The molecule has 0 rings (SSSR count). The molecule has 0 spiro atoms. The number of primary amides is 1. The molecule has 0 aliphatic carbocycles. The molecule has 0 heterocycles. The van der Waals surface area contributed by atoms with Crippen molar-refractivity contribution in [2.45, 2.75) is 31.6 Å². The van der Waals surface area contributed by atoms with Gasteiger partial charge in [-0.1, -0.05) is 19.8 Å². The number of carbonyl (C=O) groups is 1. The molecule has 0 aromatic rings. The summed E-state index contributed by atoms with van der Waals surface area (Å²) >= 11 is 0. The normalized spacial score (nSPS) is 13.7. The highest BCUT2D eigenvalue weighted by atomic mass is 32.2. The zero-order chi connectivity index (χ0) is 10.5. The minimum absolute atomic E-state index is 0.165. The van der Waals surface area contributed by atoms with Crippen LogP contribution in [-0.4, -0.2) is 24.4 Å². The molecule has 2 amide bonds. The van der Waals surface area contributed by atoms with Crippen LogP contribution in [0.3, 0.4) is 0 Å². The topological polar surface area (TPSA) is 109 Å². The van der Waals surface area contributed by atoms with Gasteiger partial charge in [-0.3, -0.25) is 4.55 Å². The number of nitrogens with two attached hydrogens (primary N) is 1. The molecule has 0 fully saturated rings. The Labute approximate surface area is 77.2 Å². The van der Waals surface area contributed by atoms with Crippen LogP contribution in [0.2, 0.25) is 0 Å². The van der Waals surface area contributed by atoms with E-state index in [2.05, 4.69) is 0 Å². The third kappa shape index (κ3) is 5.42. The highest BCUT2D eigenvalue weighted by Gasteiger charge is 2.22. The molecule has 6 nitrogen and oxygen atoms in total. The molecule has 0 aliphatic heterocycles. The van der Waals surface area contributed by atoms with E-state index in [0.717, 1.165) is 6.42 Å². The molecule has 0 radical (unpaired) electrons. The predicted octanol–water partition coefficient (Wildman–Crippen LogP) is 0.0588. The second kappa shape index (κ2) is 5.03. The maximum Gasteiger partial charge on any atom is 0.313 e. The zero-order valence-corrected chi connectivity index (χ0v) is 8.17. The zero-order valence-electron chi connectivity index (χ0n) is 7.36. The van der Waals surface area contributed by atoms with Crippen LogP contribution in [0.5, 0.6) is 0 Å². The van der Waals surface area contributed by atoms with Crippen LogP contribution in [0, 0.1) is 0 Å². The van der Waals surface area contributed by atoms with Crippen LogP contribution < -0.4 is 11.1 Å². The number of hydrogen-bond donors (Lipinski definition) is 3. The molecule has 1 unspecified atom stereocenters. The summed E-state index contributed by atoms with van der Waals surface area (Å²) in [5, 5.41) is 0.668. The van der Waals surface area contributed by atoms with Crippen LogP contribution in [-0.2, 0) is 10.1 Å². The first-order valence-electron chi connectivity index (χ1n) is 3.90. The highest BCUT2D eigenvalue weighted by Crippen LogP contribution is 2.05. The number of rotatable bonds is 5. The van der Waals surface area contributed by atoms with Gasteiger partial charge in [-0.05, 0) is 6.42 Å². The number of nitrogens with one attached hydrogen (secondary N) is 1. The van der Waals surface area contributed by atoms with E-state index in [1.807, 2.05) is 12.2 Å². The van der Waals surface area contributed by atoms with Gasteiger partial charge in [-0.25, -0.2) is 4.79 Å². The number of urea groups is 1. The van der Waals surface area contributed by atoms with Crippen molar-refractivity contribution in [3.63, 3.8) is 0 Å².